The van der Waals surface area contributed by atoms with E-state index in [4.69, 9.17) is 10.5 Å². The molecule has 0 heterocycles. The maximum Gasteiger partial charge on any atom is 0.176 e. The molecule has 2 N–H and O–H groups in total. The molecule has 16 heavy (non-hydrogen) atoms. The van der Waals surface area contributed by atoms with Crippen LogP contribution in [0.4, 0.5) is 0 Å². The smallest absolute Gasteiger partial charge is 0.176 e. The van der Waals surface area contributed by atoms with Crippen molar-refractivity contribution in [3.63, 3.8) is 0 Å². The van der Waals surface area contributed by atoms with Crippen LogP contribution < -0.4 is 10.5 Å². The van der Waals surface area contributed by atoms with Gasteiger partial charge in [0.2, 0.25) is 0 Å². The Morgan fingerprint density at radius 2 is 2.12 bits per heavy atom. The number of Topliss-reactive ketones (excluding diaryl/α,β-unsaturated/α-hetero) is 1. The number of carbonyl (C=O) groups excluding carboxylic acids is 1. The van der Waals surface area contributed by atoms with E-state index in [-0.39, 0.29) is 12.3 Å². The molecule has 1 aromatic rings. The Morgan fingerprint density at radius 1 is 1.44 bits per heavy atom. The van der Waals surface area contributed by atoms with Crippen LogP contribution in [0.5, 0.6) is 5.75 Å². The van der Waals surface area contributed by atoms with Gasteiger partial charge < -0.3 is 15.4 Å². The molecule has 0 aliphatic rings. The molecule has 0 saturated heterocycles. The SMILES string of the molecule is COc1ccc(C(=O)CN)cc1CN(C)C. The summed E-state index contributed by atoms with van der Waals surface area (Å²) in [4.78, 5) is 13.5. The fourth-order valence-corrected chi connectivity index (χ4v) is 1.53. The fraction of sp³-hybridized carbons (Fsp3) is 0.417. The third kappa shape index (κ3) is 3.05. The molecule has 0 saturated carbocycles. The molecule has 0 spiro atoms. The van der Waals surface area contributed by atoms with Gasteiger partial charge in [0.1, 0.15) is 5.75 Å². The number of nitrogens with zero attached hydrogens (tertiary/aromatic N) is 1. The van der Waals surface area contributed by atoms with E-state index >= 15 is 0 Å². The van der Waals surface area contributed by atoms with Crippen LogP contribution in [0.15, 0.2) is 18.2 Å². The molecule has 4 nitrogen and oxygen atoms in total. The zero-order valence-electron chi connectivity index (χ0n) is 9.99. The van der Waals surface area contributed by atoms with Gasteiger partial charge in [-0.3, -0.25) is 4.79 Å². The quantitative estimate of drug-likeness (QED) is 0.752. The summed E-state index contributed by atoms with van der Waals surface area (Å²) in [7, 11) is 5.56. The average Bonchev–Trinajstić information content (AvgIpc) is 2.27. The third-order valence-electron chi connectivity index (χ3n) is 2.27. The maximum absolute atomic E-state index is 11.5. The second-order valence-corrected chi connectivity index (χ2v) is 3.89. The van der Waals surface area contributed by atoms with Crippen LogP contribution in [0.25, 0.3) is 0 Å². The highest BCUT2D eigenvalue weighted by Gasteiger charge is 2.09. The highest BCUT2D eigenvalue weighted by molar-refractivity contribution is 5.97. The molecule has 1 rings (SSSR count). The lowest BCUT2D eigenvalue weighted by atomic mass is 10.1. The first-order valence-electron chi connectivity index (χ1n) is 5.13. The number of ether oxygens (including phenoxy) is 1. The van der Waals surface area contributed by atoms with E-state index in [1.807, 2.05) is 31.1 Å². The molecule has 0 radical (unpaired) electrons. The van der Waals surface area contributed by atoms with E-state index in [0.717, 1.165) is 17.9 Å². The van der Waals surface area contributed by atoms with Gasteiger partial charge in [-0.1, -0.05) is 0 Å². The Kier molecular flexibility index (Phi) is 4.46. The van der Waals surface area contributed by atoms with Gasteiger partial charge in [0.25, 0.3) is 0 Å². The second-order valence-electron chi connectivity index (χ2n) is 3.89. The van der Waals surface area contributed by atoms with Crippen LogP contribution in [0.1, 0.15) is 15.9 Å². The minimum atomic E-state index is -0.0531. The number of hydrogen-bond acceptors (Lipinski definition) is 4. The molecule has 1 aromatic carbocycles. The summed E-state index contributed by atoms with van der Waals surface area (Å²) in [5.41, 5.74) is 6.97. The topological polar surface area (TPSA) is 55.6 Å². The molecule has 0 amide bonds. The Balaban J connectivity index is 3.05. The fourth-order valence-electron chi connectivity index (χ4n) is 1.53. The zero-order valence-corrected chi connectivity index (χ0v) is 9.99. The van der Waals surface area contributed by atoms with Crippen molar-refractivity contribution in [2.75, 3.05) is 27.7 Å². The minimum absolute atomic E-state index is 0.0354. The summed E-state index contributed by atoms with van der Waals surface area (Å²) in [5.74, 6) is 0.741. The summed E-state index contributed by atoms with van der Waals surface area (Å²) in [6, 6.07) is 5.39. The van der Waals surface area contributed by atoms with Crippen LogP contribution >= 0.6 is 0 Å². The Bertz CT molecular complexity index is 375. The minimum Gasteiger partial charge on any atom is -0.496 e. The highest BCUT2D eigenvalue weighted by atomic mass is 16.5. The molecule has 4 heteroatoms. The van der Waals surface area contributed by atoms with E-state index in [2.05, 4.69) is 0 Å². The van der Waals surface area contributed by atoms with E-state index in [9.17, 15) is 4.79 Å². The first-order valence-corrected chi connectivity index (χ1v) is 5.13. The van der Waals surface area contributed by atoms with Gasteiger partial charge in [-0.15, -0.1) is 0 Å². The standard InChI is InChI=1S/C12H18N2O2/c1-14(2)8-10-6-9(11(15)7-13)4-5-12(10)16-3/h4-6H,7-8,13H2,1-3H3. The first-order chi connectivity index (χ1) is 7.58. The van der Waals surface area contributed by atoms with Crippen LogP contribution in [0.2, 0.25) is 0 Å². The number of methoxy groups -OCH3 is 1. The third-order valence-corrected chi connectivity index (χ3v) is 2.27. The summed E-state index contributed by atoms with van der Waals surface area (Å²) >= 11 is 0. The normalized spacial score (nSPS) is 10.6. The van der Waals surface area contributed by atoms with E-state index in [1.165, 1.54) is 0 Å². The average molecular weight is 222 g/mol. The zero-order chi connectivity index (χ0) is 12.1. The summed E-state index contributed by atoms with van der Waals surface area (Å²) in [6.07, 6.45) is 0. The van der Waals surface area contributed by atoms with E-state index < -0.39 is 0 Å². The van der Waals surface area contributed by atoms with Gasteiger partial charge in [0.15, 0.2) is 5.78 Å². The number of carbonyl (C=O) groups is 1. The van der Waals surface area contributed by atoms with Gasteiger partial charge >= 0.3 is 0 Å². The van der Waals surface area contributed by atoms with Crippen LogP contribution in [0, 0.1) is 0 Å². The summed E-state index contributed by atoms with van der Waals surface area (Å²) in [5, 5.41) is 0. The lowest BCUT2D eigenvalue weighted by molar-refractivity contribution is 0.100. The van der Waals surface area contributed by atoms with Crippen molar-refractivity contribution in [3.8, 4) is 5.75 Å². The van der Waals surface area contributed by atoms with Gasteiger partial charge in [0.05, 0.1) is 13.7 Å². The van der Waals surface area contributed by atoms with E-state index in [0.29, 0.717) is 5.56 Å². The Labute approximate surface area is 96.0 Å². The summed E-state index contributed by atoms with van der Waals surface area (Å²) in [6.45, 7) is 0.766. The molecule has 0 aliphatic heterocycles. The molecular formula is C12H18N2O2. The number of nitrogens with two attached hydrogens (primary N) is 1. The van der Waals surface area contributed by atoms with Gasteiger partial charge in [-0.05, 0) is 32.3 Å². The van der Waals surface area contributed by atoms with Crippen molar-refractivity contribution in [3.05, 3.63) is 29.3 Å². The van der Waals surface area contributed by atoms with Crippen molar-refractivity contribution in [1.82, 2.24) is 4.90 Å². The van der Waals surface area contributed by atoms with Crippen LogP contribution in [0.3, 0.4) is 0 Å². The Morgan fingerprint density at radius 3 is 2.62 bits per heavy atom. The van der Waals surface area contributed by atoms with Crippen LogP contribution in [-0.4, -0.2) is 38.4 Å². The van der Waals surface area contributed by atoms with Gasteiger partial charge in [-0.25, -0.2) is 0 Å². The lowest BCUT2D eigenvalue weighted by Gasteiger charge is -2.14. The second kappa shape index (κ2) is 5.63. The summed E-state index contributed by atoms with van der Waals surface area (Å²) < 4.78 is 5.25. The number of ketones is 1. The molecule has 0 fully saturated rings. The number of benzene rings is 1. The van der Waals surface area contributed by atoms with Crippen molar-refractivity contribution < 1.29 is 9.53 Å². The maximum atomic E-state index is 11.5. The van der Waals surface area contributed by atoms with Gasteiger partial charge in [-0.2, -0.15) is 0 Å². The molecular weight excluding hydrogens is 204 g/mol. The number of rotatable bonds is 5. The van der Waals surface area contributed by atoms with E-state index in [1.54, 1.807) is 13.2 Å². The molecule has 0 atom stereocenters. The van der Waals surface area contributed by atoms with Crippen molar-refractivity contribution in [2.45, 2.75) is 6.54 Å². The lowest BCUT2D eigenvalue weighted by Crippen LogP contribution is -2.15. The molecule has 0 unspecified atom stereocenters. The molecule has 0 bridgehead atoms. The van der Waals surface area contributed by atoms with Crippen molar-refractivity contribution in [2.24, 2.45) is 5.73 Å². The van der Waals surface area contributed by atoms with Gasteiger partial charge in [0, 0.05) is 17.7 Å². The van der Waals surface area contributed by atoms with Crippen molar-refractivity contribution in [1.29, 1.82) is 0 Å². The van der Waals surface area contributed by atoms with Crippen LogP contribution in [-0.2, 0) is 6.54 Å². The highest BCUT2D eigenvalue weighted by Crippen LogP contribution is 2.21. The predicted molar refractivity (Wildman–Crippen MR) is 63.8 cm³/mol. The largest absolute Gasteiger partial charge is 0.496 e. The molecule has 0 aromatic heterocycles. The number of hydrogen-bond donors (Lipinski definition) is 1. The monoisotopic (exact) mass is 222 g/mol. The molecule has 88 valence electrons. The predicted octanol–water partition coefficient (Wildman–Crippen LogP) is 0.898. The first kappa shape index (κ1) is 12.7. The van der Waals surface area contributed by atoms with Crippen molar-refractivity contribution >= 4 is 5.78 Å². The molecule has 0 aliphatic carbocycles. The Hall–Kier alpha value is -1.39.